The van der Waals surface area contributed by atoms with Crippen molar-refractivity contribution in [2.24, 2.45) is 0 Å². The molecule has 0 saturated heterocycles. The maximum absolute atomic E-state index is 10.7. The van der Waals surface area contributed by atoms with Gasteiger partial charge in [-0.2, -0.15) is 0 Å². The molecule has 0 aliphatic rings. The van der Waals surface area contributed by atoms with Crippen LogP contribution in [-0.4, -0.2) is 44.6 Å². The van der Waals surface area contributed by atoms with Gasteiger partial charge in [0, 0.05) is 13.0 Å². The zero-order chi connectivity index (χ0) is 15.0. The molecule has 112 valence electrons. The predicted molar refractivity (Wildman–Crippen MR) is 71.8 cm³/mol. The monoisotopic (exact) mass is 284 g/mol. The SMILES string of the molecule is COc1cc(CO[C@H](CO)COC(C)=O)cc(OC)c1. The van der Waals surface area contributed by atoms with Crippen LogP contribution in [0, 0.1) is 0 Å². The molecule has 0 fully saturated rings. The number of carbonyl (C=O) groups is 1. The van der Waals surface area contributed by atoms with Gasteiger partial charge < -0.3 is 24.1 Å². The standard InChI is InChI=1S/C14H20O6/c1-10(16)19-9-14(7-15)20-8-11-4-12(17-2)6-13(5-11)18-3/h4-6,14-15H,7-9H2,1-3H3/t14-/m1/s1. The van der Waals surface area contributed by atoms with Gasteiger partial charge in [-0.1, -0.05) is 0 Å². The molecule has 1 rings (SSSR count). The molecule has 20 heavy (non-hydrogen) atoms. The third kappa shape index (κ3) is 5.46. The van der Waals surface area contributed by atoms with Crippen molar-refractivity contribution in [1.82, 2.24) is 0 Å². The highest BCUT2D eigenvalue weighted by atomic mass is 16.6. The molecule has 6 nitrogen and oxygen atoms in total. The summed E-state index contributed by atoms with van der Waals surface area (Å²) >= 11 is 0. The number of rotatable bonds is 8. The van der Waals surface area contributed by atoms with Crippen LogP contribution in [0.15, 0.2) is 18.2 Å². The lowest BCUT2D eigenvalue weighted by atomic mass is 10.2. The van der Waals surface area contributed by atoms with E-state index in [0.717, 1.165) is 5.56 Å². The molecule has 1 atom stereocenters. The van der Waals surface area contributed by atoms with Gasteiger partial charge in [0.25, 0.3) is 0 Å². The first-order chi connectivity index (χ1) is 9.58. The zero-order valence-corrected chi connectivity index (χ0v) is 11.9. The van der Waals surface area contributed by atoms with E-state index in [9.17, 15) is 4.79 Å². The largest absolute Gasteiger partial charge is 0.497 e. The number of methoxy groups -OCH3 is 2. The first-order valence-corrected chi connectivity index (χ1v) is 6.16. The normalized spacial score (nSPS) is 11.8. The lowest BCUT2D eigenvalue weighted by Crippen LogP contribution is -2.25. The fraction of sp³-hybridized carbons (Fsp3) is 0.500. The number of aliphatic hydroxyl groups is 1. The van der Waals surface area contributed by atoms with Gasteiger partial charge in [0.15, 0.2) is 0 Å². The van der Waals surface area contributed by atoms with Gasteiger partial charge in [0.1, 0.15) is 24.2 Å². The van der Waals surface area contributed by atoms with Gasteiger partial charge in [-0.15, -0.1) is 0 Å². The lowest BCUT2D eigenvalue weighted by molar-refractivity contribution is -0.146. The summed E-state index contributed by atoms with van der Waals surface area (Å²) in [7, 11) is 3.13. The Morgan fingerprint density at radius 3 is 2.25 bits per heavy atom. The van der Waals surface area contributed by atoms with E-state index >= 15 is 0 Å². The highest BCUT2D eigenvalue weighted by Gasteiger charge is 2.11. The minimum atomic E-state index is -0.559. The van der Waals surface area contributed by atoms with Crippen molar-refractivity contribution < 1.29 is 28.8 Å². The zero-order valence-electron chi connectivity index (χ0n) is 11.9. The van der Waals surface area contributed by atoms with Crippen molar-refractivity contribution in [3.8, 4) is 11.5 Å². The molecule has 0 radical (unpaired) electrons. The van der Waals surface area contributed by atoms with E-state index < -0.39 is 12.1 Å². The Morgan fingerprint density at radius 2 is 1.80 bits per heavy atom. The summed E-state index contributed by atoms with van der Waals surface area (Å²) in [5.41, 5.74) is 0.836. The molecule has 1 aromatic carbocycles. The molecule has 0 aromatic heterocycles. The number of aliphatic hydroxyl groups excluding tert-OH is 1. The third-order valence-electron chi connectivity index (χ3n) is 2.57. The van der Waals surface area contributed by atoms with Crippen molar-refractivity contribution in [1.29, 1.82) is 0 Å². The second-order valence-electron chi connectivity index (χ2n) is 4.14. The predicted octanol–water partition coefficient (Wildman–Crippen LogP) is 1.14. The van der Waals surface area contributed by atoms with Crippen LogP contribution in [0.2, 0.25) is 0 Å². The van der Waals surface area contributed by atoms with E-state index in [2.05, 4.69) is 0 Å². The number of ether oxygens (including phenoxy) is 4. The van der Waals surface area contributed by atoms with E-state index in [4.69, 9.17) is 24.1 Å². The summed E-state index contributed by atoms with van der Waals surface area (Å²) in [4.78, 5) is 10.7. The summed E-state index contributed by atoms with van der Waals surface area (Å²) in [6.07, 6.45) is -0.559. The molecule has 0 aliphatic carbocycles. The summed E-state index contributed by atoms with van der Waals surface area (Å²) in [5, 5.41) is 9.15. The molecule has 0 saturated carbocycles. The fourth-order valence-corrected chi connectivity index (χ4v) is 1.53. The van der Waals surface area contributed by atoms with Crippen LogP contribution in [-0.2, 0) is 20.9 Å². The van der Waals surface area contributed by atoms with Gasteiger partial charge in [0.2, 0.25) is 0 Å². The highest BCUT2D eigenvalue weighted by molar-refractivity contribution is 5.65. The van der Waals surface area contributed by atoms with Crippen LogP contribution in [0.4, 0.5) is 0 Å². The van der Waals surface area contributed by atoms with Crippen LogP contribution >= 0.6 is 0 Å². The van der Waals surface area contributed by atoms with E-state index in [1.54, 1.807) is 20.3 Å². The maximum Gasteiger partial charge on any atom is 0.302 e. The summed E-state index contributed by atoms with van der Waals surface area (Å²) < 4.78 is 20.6. The van der Waals surface area contributed by atoms with Crippen molar-refractivity contribution in [3.05, 3.63) is 23.8 Å². The first kappa shape index (κ1) is 16.3. The molecular formula is C14H20O6. The number of benzene rings is 1. The van der Waals surface area contributed by atoms with E-state index in [-0.39, 0.29) is 19.8 Å². The van der Waals surface area contributed by atoms with Crippen LogP contribution in [0.3, 0.4) is 0 Å². The first-order valence-electron chi connectivity index (χ1n) is 6.16. The van der Waals surface area contributed by atoms with Gasteiger partial charge in [0.05, 0.1) is 27.4 Å². The number of esters is 1. The Labute approximate surface area is 118 Å². The van der Waals surface area contributed by atoms with Crippen molar-refractivity contribution in [2.75, 3.05) is 27.4 Å². The van der Waals surface area contributed by atoms with Crippen LogP contribution in [0.1, 0.15) is 12.5 Å². The summed E-state index contributed by atoms with van der Waals surface area (Å²) in [6, 6.07) is 5.37. The number of carbonyl (C=O) groups excluding carboxylic acids is 1. The quantitative estimate of drug-likeness (QED) is 0.722. The number of hydrogen-bond acceptors (Lipinski definition) is 6. The molecule has 6 heteroatoms. The number of hydrogen-bond donors (Lipinski definition) is 1. The van der Waals surface area contributed by atoms with Gasteiger partial charge in [-0.3, -0.25) is 4.79 Å². The molecule has 0 heterocycles. The van der Waals surface area contributed by atoms with Gasteiger partial charge >= 0.3 is 5.97 Å². The molecule has 1 N–H and O–H groups in total. The average Bonchev–Trinajstić information content (AvgIpc) is 2.46. The summed E-state index contributed by atoms with van der Waals surface area (Å²) in [5.74, 6) is 0.905. The summed E-state index contributed by atoms with van der Waals surface area (Å²) in [6.45, 7) is 1.35. The Kier molecular flexibility index (Phi) is 6.83. The molecule has 0 spiro atoms. The van der Waals surface area contributed by atoms with Crippen LogP contribution < -0.4 is 9.47 Å². The van der Waals surface area contributed by atoms with Gasteiger partial charge in [-0.05, 0) is 17.7 Å². The second kappa shape index (κ2) is 8.39. The fourth-order valence-electron chi connectivity index (χ4n) is 1.53. The minimum absolute atomic E-state index is 0.0208. The van der Waals surface area contributed by atoms with E-state index in [0.29, 0.717) is 11.5 Å². The molecular weight excluding hydrogens is 264 g/mol. The van der Waals surface area contributed by atoms with Crippen LogP contribution in [0.25, 0.3) is 0 Å². The Morgan fingerprint density at radius 1 is 1.20 bits per heavy atom. The topological polar surface area (TPSA) is 74.2 Å². The van der Waals surface area contributed by atoms with E-state index in [1.807, 2.05) is 12.1 Å². The molecule has 1 aromatic rings. The minimum Gasteiger partial charge on any atom is -0.497 e. The average molecular weight is 284 g/mol. The molecule has 0 amide bonds. The smallest absolute Gasteiger partial charge is 0.302 e. The van der Waals surface area contributed by atoms with Gasteiger partial charge in [-0.25, -0.2) is 0 Å². The highest BCUT2D eigenvalue weighted by Crippen LogP contribution is 2.23. The van der Waals surface area contributed by atoms with E-state index in [1.165, 1.54) is 6.92 Å². The molecule has 0 unspecified atom stereocenters. The Bertz CT molecular complexity index is 409. The van der Waals surface area contributed by atoms with Crippen molar-refractivity contribution >= 4 is 5.97 Å². The maximum atomic E-state index is 10.7. The van der Waals surface area contributed by atoms with Crippen molar-refractivity contribution in [3.63, 3.8) is 0 Å². The lowest BCUT2D eigenvalue weighted by Gasteiger charge is -2.16. The van der Waals surface area contributed by atoms with Crippen LogP contribution in [0.5, 0.6) is 11.5 Å². The second-order valence-corrected chi connectivity index (χ2v) is 4.14. The molecule has 0 bridgehead atoms. The Balaban J connectivity index is 2.60. The third-order valence-corrected chi connectivity index (χ3v) is 2.57. The Hall–Kier alpha value is -1.79. The van der Waals surface area contributed by atoms with Crippen molar-refractivity contribution in [2.45, 2.75) is 19.6 Å². The molecule has 0 aliphatic heterocycles.